The van der Waals surface area contributed by atoms with Crippen molar-refractivity contribution in [3.05, 3.63) is 54.0 Å². The smallest absolute Gasteiger partial charge is 0.275 e. The third-order valence-electron chi connectivity index (χ3n) is 6.61. The van der Waals surface area contributed by atoms with Gasteiger partial charge in [0.05, 0.1) is 36.5 Å². The van der Waals surface area contributed by atoms with Gasteiger partial charge in [-0.05, 0) is 50.7 Å². The Bertz CT molecular complexity index is 1080. The topological polar surface area (TPSA) is 102 Å². The molecule has 2 unspecified atom stereocenters. The van der Waals surface area contributed by atoms with Crippen molar-refractivity contribution in [2.24, 2.45) is 11.8 Å². The molecule has 3 aromatic heterocycles. The van der Waals surface area contributed by atoms with Gasteiger partial charge in [-0.1, -0.05) is 6.92 Å². The van der Waals surface area contributed by atoms with E-state index in [0.717, 1.165) is 30.0 Å². The summed E-state index contributed by atoms with van der Waals surface area (Å²) in [6, 6.07) is 4.03. The first kappa shape index (κ1) is 19.6. The van der Waals surface area contributed by atoms with Crippen LogP contribution in [-0.4, -0.2) is 59.4 Å². The van der Waals surface area contributed by atoms with E-state index in [9.17, 15) is 4.79 Å². The molecule has 3 aliphatic rings. The van der Waals surface area contributed by atoms with Crippen molar-refractivity contribution in [1.29, 1.82) is 0 Å². The number of aromatic nitrogens is 6. The third-order valence-corrected chi connectivity index (χ3v) is 6.61. The minimum Gasteiger partial charge on any atom is -0.367 e. The molecule has 0 spiro atoms. The molecule has 5 heterocycles. The van der Waals surface area contributed by atoms with Crippen LogP contribution in [0.15, 0.2) is 36.9 Å². The van der Waals surface area contributed by atoms with Gasteiger partial charge in [-0.2, -0.15) is 10.2 Å². The van der Waals surface area contributed by atoms with Gasteiger partial charge in [-0.3, -0.25) is 9.78 Å². The highest BCUT2D eigenvalue weighted by Crippen LogP contribution is 2.47. The molecule has 3 fully saturated rings. The Morgan fingerprint density at radius 2 is 1.87 bits per heavy atom. The van der Waals surface area contributed by atoms with Crippen LogP contribution in [0.2, 0.25) is 0 Å². The van der Waals surface area contributed by atoms with Crippen molar-refractivity contribution in [1.82, 2.24) is 34.8 Å². The van der Waals surface area contributed by atoms with E-state index in [1.807, 2.05) is 30.9 Å². The van der Waals surface area contributed by atoms with Gasteiger partial charge in [0.25, 0.3) is 5.91 Å². The number of nitrogens with zero attached hydrogens (tertiary/aromatic N) is 7. The lowest BCUT2D eigenvalue weighted by Gasteiger charge is -2.57. The van der Waals surface area contributed by atoms with Gasteiger partial charge < -0.3 is 10.2 Å². The van der Waals surface area contributed by atoms with Crippen LogP contribution in [-0.2, 0) is 0 Å². The number of aryl methyl sites for hydroxylation is 2. The van der Waals surface area contributed by atoms with E-state index in [0.29, 0.717) is 29.8 Å². The van der Waals surface area contributed by atoms with E-state index >= 15 is 0 Å². The molecule has 0 radical (unpaired) electrons. The zero-order chi connectivity index (χ0) is 21.5. The maximum absolute atomic E-state index is 13.9. The van der Waals surface area contributed by atoms with Gasteiger partial charge in [-0.25, -0.2) is 9.97 Å². The fourth-order valence-electron chi connectivity index (χ4n) is 4.75. The first-order valence-electron chi connectivity index (χ1n) is 10.7. The van der Waals surface area contributed by atoms with Gasteiger partial charge in [-0.15, -0.1) is 4.80 Å². The van der Waals surface area contributed by atoms with Crippen molar-refractivity contribution in [2.45, 2.75) is 45.7 Å². The Morgan fingerprint density at radius 3 is 2.58 bits per heavy atom. The van der Waals surface area contributed by atoms with E-state index < -0.39 is 0 Å². The van der Waals surface area contributed by atoms with Crippen LogP contribution >= 0.6 is 0 Å². The molecular formula is C22H26N8O. The van der Waals surface area contributed by atoms with E-state index in [4.69, 9.17) is 0 Å². The normalized spacial score (nSPS) is 24.5. The molecule has 6 rings (SSSR count). The van der Waals surface area contributed by atoms with Crippen LogP contribution in [0.5, 0.6) is 0 Å². The van der Waals surface area contributed by atoms with Gasteiger partial charge in [0, 0.05) is 18.3 Å². The zero-order valence-electron chi connectivity index (χ0n) is 17.9. The number of fused-ring (bicyclic) bond motifs is 2. The summed E-state index contributed by atoms with van der Waals surface area (Å²) in [5.74, 6) is 1.70. The number of carbonyl (C=O) groups is 1. The zero-order valence-corrected chi connectivity index (χ0v) is 17.9. The lowest BCUT2D eigenvalue weighted by Crippen LogP contribution is -2.64. The molecular weight excluding hydrogens is 392 g/mol. The van der Waals surface area contributed by atoms with Crippen molar-refractivity contribution in [3.8, 4) is 5.69 Å². The summed E-state index contributed by atoms with van der Waals surface area (Å²) in [7, 11) is 0. The molecule has 0 aromatic carbocycles. The standard InChI is InChI=1S/C22H26N8O/c1-13-4-5-18(30-26-6-7-27-30)21(28-13)22(31)29-17-8-16(9-17)15(3)19(29)11-25-20-12-23-14(2)10-24-20/h4-7,10,12,15-17,19H,8-9,11H2,1-3H3,(H,24,25). The second-order valence-electron chi connectivity index (χ2n) is 8.59. The first-order chi connectivity index (χ1) is 15.0. The van der Waals surface area contributed by atoms with Gasteiger partial charge in [0.2, 0.25) is 0 Å². The average Bonchev–Trinajstić information content (AvgIpc) is 3.27. The predicted molar refractivity (Wildman–Crippen MR) is 115 cm³/mol. The van der Waals surface area contributed by atoms with Crippen LogP contribution in [0.3, 0.4) is 0 Å². The summed E-state index contributed by atoms with van der Waals surface area (Å²) in [4.78, 5) is 30.7. The van der Waals surface area contributed by atoms with E-state index in [2.05, 4.69) is 37.4 Å². The minimum absolute atomic E-state index is 0.0499. The average molecular weight is 419 g/mol. The van der Waals surface area contributed by atoms with Crippen molar-refractivity contribution >= 4 is 11.7 Å². The molecule has 1 saturated carbocycles. The lowest BCUT2D eigenvalue weighted by atomic mass is 9.64. The Balaban J connectivity index is 1.45. The molecule has 3 aromatic rings. The minimum atomic E-state index is -0.0622. The molecule has 9 nitrogen and oxygen atoms in total. The van der Waals surface area contributed by atoms with Crippen LogP contribution in [0.25, 0.3) is 5.69 Å². The predicted octanol–water partition coefficient (Wildman–Crippen LogP) is 2.42. The maximum Gasteiger partial charge on any atom is 0.275 e. The van der Waals surface area contributed by atoms with Crippen LogP contribution in [0, 0.1) is 25.7 Å². The third kappa shape index (κ3) is 3.54. The second-order valence-corrected chi connectivity index (χ2v) is 8.59. The van der Waals surface area contributed by atoms with Crippen LogP contribution in [0.4, 0.5) is 5.82 Å². The highest BCUT2D eigenvalue weighted by atomic mass is 16.2. The molecule has 160 valence electrons. The largest absolute Gasteiger partial charge is 0.367 e. The molecule has 1 amide bonds. The summed E-state index contributed by atoms with van der Waals surface area (Å²) < 4.78 is 0. The van der Waals surface area contributed by atoms with E-state index in [1.54, 1.807) is 24.8 Å². The highest BCUT2D eigenvalue weighted by molar-refractivity contribution is 5.96. The maximum atomic E-state index is 13.9. The molecule has 2 bridgehead atoms. The van der Waals surface area contributed by atoms with Gasteiger partial charge >= 0.3 is 0 Å². The number of rotatable bonds is 5. The van der Waals surface area contributed by atoms with Crippen molar-refractivity contribution in [2.75, 3.05) is 11.9 Å². The molecule has 2 aliphatic heterocycles. The number of amides is 1. The molecule has 31 heavy (non-hydrogen) atoms. The fourth-order valence-corrected chi connectivity index (χ4v) is 4.75. The van der Waals surface area contributed by atoms with Gasteiger partial charge in [0.15, 0.2) is 5.69 Å². The number of hydrogen-bond donors (Lipinski definition) is 1. The summed E-state index contributed by atoms with van der Waals surface area (Å²) >= 11 is 0. The number of nitrogens with one attached hydrogen (secondary N) is 1. The Kier molecular flexibility index (Phi) is 4.88. The second kappa shape index (κ2) is 7.72. The molecule has 9 heteroatoms. The van der Waals surface area contributed by atoms with E-state index in [1.165, 1.54) is 4.80 Å². The molecule has 1 N–H and O–H groups in total. The lowest BCUT2D eigenvalue weighted by molar-refractivity contribution is -0.0505. The van der Waals surface area contributed by atoms with E-state index in [-0.39, 0.29) is 18.0 Å². The summed E-state index contributed by atoms with van der Waals surface area (Å²) in [6.45, 7) is 6.67. The quantitative estimate of drug-likeness (QED) is 0.679. The monoisotopic (exact) mass is 418 g/mol. The van der Waals surface area contributed by atoms with Crippen LogP contribution < -0.4 is 5.32 Å². The van der Waals surface area contributed by atoms with Crippen molar-refractivity contribution < 1.29 is 4.79 Å². The SMILES string of the molecule is Cc1cnc(NCC2C(C)C3CC(C3)N2C(=O)c2nc(C)ccc2-n2nccn2)cn1. The first-order valence-corrected chi connectivity index (χ1v) is 10.7. The summed E-state index contributed by atoms with van der Waals surface area (Å²) in [6.07, 6.45) is 8.78. The molecule has 2 atom stereocenters. The fraction of sp³-hybridized carbons (Fsp3) is 0.455. The van der Waals surface area contributed by atoms with Gasteiger partial charge in [0.1, 0.15) is 11.5 Å². The summed E-state index contributed by atoms with van der Waals surface area (Å²) in [5, 5.41) is 11.8. The summed E-state index contributed by atoms with van der Waals surface area (Å²) in [5.41, 5.74) is 2.67. The Morgan fingerprint density at radius 1 is 1.10 bits per heavy atom. The number of anilines is 1. The number of hydrogen-bond acceptors (Lipinski definition) is 7. The Labute approximate surface area is 180 Å². The number of carbonyl (C=O) groups excluding carboxylic acids is 1. The number of piperidine rings is 2. The van der Waals surface area contributed by atoms with Crippen molar-refractivity contribution in [3.63, 3.8) is 0 Å². The number of pyridine rings is 1. The highest BCUT2D eigenvalue weighted by Gasteiger charge is 2.51. The van der Waals surface area contributed by atoms with Crippen LogP contribution in [0.1, 0.15) is 41.6 Å². The molecule has 1 aliphatic carbocycles. The molecule has 2 saturated heterocycles. The Hall–Kier alpha value is -3.36.